The molecule has 3 aromatic rings. The molecular weight excluding hydrogens is 775 g/mol. The largest absolute Gasteiger partial charge is 0.382 e. The van der Waals surface area contributed by atoms with Gasteiger partial charge in [-0.1, -0.05) is 31.9 Å². The average molecular weight is 850 g/mol. The quantitative estimate of drug-likeness (QED) is 0.0741. The summed E-state index contributed by atoms with van der Waals surface area (Å²) in [5.41, 5.74) is 10.3. The number of H-pyrrole nitrogens is 1. The number of aromatic amines is 1. The monoisotopic (exact) mass is 850 g/mol. The van der Waals surface area contributed by atoms with Crippen LogP contribution in [0, 0.1) is 0 Å². The van der Waals surface area contributed by atoms with Gasteiger partial charge in [0.1, 0.15) is 28.5 Å². The van der Waals surface area contributed by atoms with E-state index in [0.717, 1.165) is 79.4 Å². The average Bonchev–Trinajstić information content (AvgIpc) is 3.68. The third kappa shape index (κ3) is 24.5. The molecule has 0 spiro atoms. The molecule has 2 aromatic heterocycles. The summed E-state index contributed by atoms with van der Waals surface area (Å²) < 4.78 is 55.1. The van der Waals surface area contributed by atoms with Crippen molar-refractivity contribution in [3.05, 3.63) is 29.6 Å². The minimum absolute atomic E-state index is 0.126. The fourth-order valence-electron chi connectivity index (χ4n) is 5.99. The van der Waals surface area contributed by atoms with Crippen LogP contribution in [-0.4, -0.2) is 178 Å². The SMILES string of the molecule is CCCCc1nc2c([nH]1)c(N)nc1cc(CCCCCN(C)CCOCCOCCOCCOCCOCCOCCOCCOCCOCCOCCC(C)=O)ccc12. The number of aryl methyl sites for hydroxylation is 2. The molecule has 0 aliphatic heterocycles. The zero-order valence-corrected chi connectivity index (χ0v) is 36.9. The lowest BCUT2D eigenvalue weighted by Gasteiger charge is -2.16. The van der Waals surface area contributed by atoms with E-state index in [1.165, 1.54) is 12.0 Å². The summed E-state index contributed by atoms with van der Waals surface area (Å²) >= 11 is 0. The number of ether oxygens (including phenoxy) is 10. The van der Waals surface area contributed by atoms with E-state index in [1.807, 2.05) is 0 Å². The number of unbranched alkanes of at least 4 members (excludes halogenated alkanes) is 3. The Balaban J connectivity index is 0.986. The standard InChI is InChI=1S/C44H75N5O11/c1-4-5-10-41-47-42-39-12-11-38(36-40(39)46-44(45)43(42)48-41)9-7-6-8-14-49(3)15-17-52-19-21-54-23-25-56-27-29-58-31-33-60-35-34-59-32-30-57-28-26-55-24-22-53-20-18-51-16-13-37(2)50/h11-12,36H,4-10,13-35H2,1-3H3,(H2,45,46)(H,47,48). The van der Waals surface area contributed by atoms with Crippen LogP contribution in [0.4, 0.5) is 5.82 Å². The maximum absolute atomic E-state index is 10.8. The summed E-state index contributed by atoms with van der Waals surface area (Å²) in [6, 6.07) is 6.52. The van der Waals surface area contributed by atoms with Crippen LogP contribution in [0.5, 0.6) is 0 Å². The van der Waals surface area contributed by atoms with Gasteiger partial charge in [-0.25, -0.2) is 9.97 Å². The number of hydrogen-bond acceptors (Lipinski definition) is 15. The summed E-state index contributed by atoms with van der Waals surface area (Å²) in [6.07, 6.45) is 8.09. The number of pyridine rings is 1. The summed E-state index contributed by atoms with van der Waals surface area (Å²) in [7, 11) is 2.15. The fraction of sp³-hybridized carbons (Fsp3) is 0.750. The summed E-state index contributed by atoms with van der Waals surface area (Å²) in [6.45, 7) is 16.0. The van der Waals surface area contributed by atoms with Gasteiger partial charge >= 0.3 is 0 Å². The number of fused-ring (bicyclic) bond motifs is 3. The van der Waals surface area contributed by atoms with E-state index < -0.39 is 0 Å². The molecule has 0 radical (unpaired) electrons. The Hall–Kier alpha value is -2.87. The fourth-order valence-corrected chi connectivity index (χ4v) is 5.99. The van der Waals surface area contributed by atoms with Gasteiger partial charge in [0.2, 0.25) is 0 Å². The highest BCUT2D eigenvalue weighted by Gasteiger charge is 2.12. The lowest BCUT2D eigenvalue weighted by molar-refractivity contribution is -0.118. The highest BCUT2D eigenvalue weighted by atomic mass is 16.6. The Morgan fingerprint density at radius 2 is 1.08 bits per heavy atom. The zero-order chi connectivity index (χ0) is 42.7. The Labute approximate surface area is 357 Å². The first-order valence-electron chi connectivity index (χ1n) is 22.0. The summed E-state index contributed by atoms with van der Waals surface area (Å²) in [5, 5.41) is 1.06. The van der Waals surface area contributed by atoms with Gasteiger partial charge in [-0.3, -0.25) is 4.79 Å². The number of imidazole rings is 1. The van der Waals surface area contributed by atoms with E-state index in [1.54, 1.807) is 6.92 Å². The number of aromatic nitrogens is 3. The Morgan fingerprint density at radius 3 is 1.57 bits per heavy atom. The van der Waals surface area contributed by atoms with Crippen molar-refractivity contribution in [1.29, 1.82) is 0 Å². The summed E-state index contributed by atoms with van der Waals surface area (Å²) in [5.74, 6) is 1.63. The number of ketones is 1. The van der Waals surface area contributed by atoms with Crippen LogP contribution in [0.15, 0.2) is 18.2 Å². The number of nitrogens with zero attached hydrogens (tertiary/aromatic N) is 3. The molecular formula is C44H75N5O11. The Bertz CT molecular complexity index is 1510. The number of likely N-dealkylation sites (N-methyl/N-ethyl adjacent to an activating group) is 1. The van der Waals surface area contributed by atoms with Crippen LogP contribution in [0.3, 0.4) is 0 Å². The number of carbonyl (C=O) groups is 1. The van der Waals surface area contributed by atoms with Crippen molar-refractivity contribution in [2.75, 3.05) is 158 Å². The second-order valence-electron chi connectivity index (χ2n) is 14.5. The molecule has 2 heterocycles. The molecule has 16 heteroatoms. The first kappa shape index (κ1) is 51.5. The molecule has 342 valence electrons. The van der Waals surface area contributed by atoms with Crippen LogP contribution in [0.25, 0.3) is 21.9 Å². The van der Waals surface area contributed by atoms with E-state index in [9.17, 15) is 4.79 Å². The summed E-state index contributed by atoms with van der Waals surface area (Å²) in [4.78, 5) is 26.0. The van der Waals surface area contributed by atoms with E-state index in [-0.39, 0.29) is 5.78 Å². The molecule has 0 aliphatic rings. The lowest BCUT2D eigenvalue weighted by Crippen LogP contribution is -2.25. The molecule has 60 heavy (non-hydrogen) atoms. The molecule has 0 fully saturated rings. The number of nitrogen functional groups attached to an aromatic ring is 1. The van der Waals surface area contributed by atoms with Gasteiger partial charge in [0.25, 0.3) is 0 Å². The number of nitrogens with one attached hydrogen (secondary N) is 1. The second-order valence-corrected chi connectivity index (χ2v) is 14.5. The van der Waals surface area contributed by atoms with Crippen LogP contribution in [-0.2, 0) is 65.0 Å². The van der Waals surface area contributed by atoms with Gasteiger partial charge in [-0.15, -0.1) is 0 Å². The third-order valence-electron chi connectivity index (χ3n) is 9.40. The smallest absolute Gasteiger partial charge is 0.150 e. The Kier molecular flexibility index (Phi) is 29.8. The number of anilines is 1. The van der Waals surface area contributed by atoms with Crippen molar-refractivity contribution in [3.8, 4) is 0 Å². The van der Waals surface area contributed by atoms with Gasteiger partial charge in [0.05, 0.1) is 138 Å². The number of carbonyl (C=O) groups excluding carboxylic acids is 1. The maximum Gasteiger partial charge on any atom is 0.150 e. The predicted molar refractivity (Wildman–Crippen MR) is 233 cm³/mol. The van der Waals surface area contributed by atoms with Gasteiger partial charge < -0.3 is 63.0 Å². The molecule has 3 rings (SSSR count). The molecule has 0 amide bonds. The van der Waals surface area contributed by atoms with Gasteiger partial charge in [-0.05, 0) is 57.8 Å². The van der Waals surface area contributed by atoms with Crippen LogP contribution >= 0.6 is 0 Å². The van der Waals surface area contributed by atoms with E-state index in [4.69, 9.17) is 58.1 Å². The molecule has 16 nitrogen and oxygen atoms in total. The van der Waals surface area contributed by atoms with Gasteiger partial charge in [0, 0.05) is 24.8 Å². The first-order valence-corrected chi connectivity index (χ1v) is 22.0. The topological polar surface area (TPSA) is 180 Å². The number of Topliss-reactive ketones (excluding diaryl/α,β-unsaturated/α-hetero) is 1. The van der Waals surface area contributed by atoms with Crippen molar-refractivity contribution in [2.45, 2.75) is 65.2 Å². The van der Waals surface area contributed by atoms with Gasteiger partial charge in [-0.2, -0.15) is 0 Å². The number of rotatable bonds is 42. The number of benzene rings is 1. The maximum atomic E-state index is 10.8. The molecule has 0 atom stereocenters. The highest BCUT2D eigenvalue weighted by Crippen LogP contribution is 2.27. The zero-order valence-electron chi connectivity index (χ0n) is 36.9. The van der Waals surface area contributed by atoms with Crippen molar-refractivity contribution in [2.24, 2.45) is 0 Å². The van der Waals surface area contributed by atoms with Crippen LogP contribution in [0.2, 0.25) is 0 Å². The second kappa shape index (κ2) is 34.7. The minimum Gasteiger partial charge on any atom is -0.382 e. The highest BCUT2D eigenvalue weighted by molar-refractivity contribution is 6.06. The van der Waals surface area contributed by atoms with Gasteiger partial charge in [0.15, 0.2) is 0 Å². The molecule has 0 saturated carbocycles. The van der Waals surface area contributed by atoms with Crippen molar-refractivity contribution >= 4 is 33.5 Å². The van der Waals surface area contributed by atoms with Crippen LogP contribution < -0.4 is 5.73 Å². The van der Waals surface area contributed by atoms with Crippen molar-refractivity contribution in [1.82, 2.24) is 19.9 Å². The molecule has 3 N–H and O–H groups in total. The molecule has 0 unspecified atom stereocenters. The lowest BCUT2D eigenvalue weighted by atomic mass is 10.0. The third-order valence-corrected chi connectivity index (χ3v) is 9.40. The molecule has 0 saturated heterocycles. The number of nitrogens with two attached hydrogens (primary N) is 1. The van der Waals surface area contributed by atoms with Crippen molar-refractivity contribution < 1.29 is 52.2 Å². The van der Waals surface area contributed by atoms with E-state index >= 15 is 0 Å². The van der Waals surface area contributed by atoms with Crippen LogP contribution in [0.1, 0.15) is 63.8 Å². The minimum atomic E-state index is 0.126. The van der Waals surface area contributed by atoms with Crippen molar-refractivity contribution in [3.63, 3.8) is 0 Å². The predicted octanol–water partition coefficient (Wildman–Crippen LogP) is 4.83. The molecule has 1 aromatic carbocycles. The van der Waals surface area contributed by atoms with E-state index in [2.05, 4.69) is 47.0 Å². The molecule has 0 aliphatic carbocycles. The Morgan fingerprint density at radius 1 is 0.600 bits per heavy atom. The first-order chi connectivity index (χ1) is 29.5. The number of hydrogen-bond donors (Lipinski definition) is 2. The van der Waals surface area contributed by atoms with E-state index in [0.29, 0.717) is 144 Å². The normalized spacial score (nSPS) is 11.9. The molecule has 0 bridgehead atoms.